The average Bonchev–Trinajstić information content (AvgIpc) is 2.67. The Balaban J connectivity index is 2.26. The van der Waals surface area contributed by atoms with Gasteiger partial charge in [0.1, 0.15) is 5.60 Å². The number of carbonyl (C=O) groups excluding carboxylic acids is 1. The third kappa shape index (κ3) is 6.78. The van der Waals surface area contributed by atoms with Crippen molar-refractivity contribution in [2.75, 3.05) is 13.2 Å². The Hall–Kier alpha value is -0.810. The predicted octanol–water partition coefficient (Wildman–Crippen LogP) is 2.08. The number of aliphatic hydroxyl groups is 1. The smallest absolute Gasteiger partial charge is 0.407 e. The maximum Gasteiger partial charge on any atom is 0.407 e. The average molecular weight is 273 g/mol. The number of nitrogens with one attached hydrogen (secondary N) is 1. The van der Waals surface area contributed by atoms with Crippen LogP contribution in [0.1, 0.15) is 47.0 Å². The molecule has 0 aromatic rings. The SMILES string of the molecule is CC1CCC(CC(CO)CNC(=O)OC(C)(C)C)O1. The molecule has 1 fully saturated rings. The fraction of sp³-hybridized carbons (Fsp3) is 0.929. The quantitative estimate of drug-likeness (QED) is 0.804. The van der Waals surface area contributed by atoms with Crippen LogP contribution in [0.3, 0.4) is 0 Å². The Morgan fingerprint density at radius 3 is 2.63 bits per heavy atom. The van der Waals surface area contributed by atoms with Gasteiger partial charge in [-0.15, -0.1) is 0 Å². The molecule has 1 rings (SSSR count). The van der Waals surface area contributed by atoms with E-state index in [1.807, 2.05) is 20.8 Å². The summed E-state index contributed by atoms with van der Waals surface area (Å²) in [6.45, 7) is 7.99. The highest BCUT2D eigenvalue weighted by molar-refractivity contribution is 5.67. The van der Waals surface area contributed by atoms with Crippen LogP contribution in [0, 0.1) is 5.92 Å². The van der Waals surface area contributed by atoms with Crippen molar-refractivity contribution in [1.29, 1.82) is 0 Å². The molecule has 1 amide bonds. The topological polar surface area (TPSA) is 67.8 Å². The molecule has 3 unspecified atom stereocenters. The van der Waals surface area contributed by atoms with Crippen molar-refractivity contribution >= 4 is 6.09 Å². The molecular formula is C14H27NO4. The molecule has 0 spiro atoms. The van der Waals surface area contributed by atoms with E-state index in [1.165, 1.54) is 0 Å². The van der Waals surface area contributed by atoms with Gasteiger partial charge in [-0.1, -0.05) is 0 Å². The van der Waals surface area contributed by atoms with Gasteiger partial charge >= 0.3 is 6.09 Å². The van der Waals surface area contributed by atoms with E-state index in [1.54, 1.807) is 0 Å². The van der Waals surface area contributed by atoms with E-state index in [0.717, 1.165) is 19.3 Å². The van der Waals surface area contributed by atoms with Gasteiger partial charge in [-0.25, -0.2) is 4.79 Å². The second-order valence-corrected chi connectivity index (χ2v) is 6.31. The highest BCUT2D eigenvalue weighted by Gasteiger charge is 2.25. The normalized spacial score (nSPS) is 25.1. The fourth-order valence-corrected chi connectivity index (χ4v) is 2.19. The van der Waals surface area contributed by atoms with E-state index in [-0.39, 0.29) is 18.6 Å². The van der Waals surface area contributed by atoms with Crippen LogP contribution in [0.25, 0.3) is 0 Å². The van der Waals surface area contributed by atoms with Gasteiger partial charge in [-0.2, -0.15) is 0 Å². The van der Waals surface area contributed by atoms with Crippen LogP contribution in [0.5, 0.6) is 0 Å². The van der Waals surface area contributed by atoms with E-state index in [2.05, 4.69) is 12.2 Å². The van der Waals surface area contributed by atoms with E-state index in [0.29, 0.717) is 12.6 Å². The third-order valence-electron chi connectivity index (χ3n) is 3.11. The summed E-state index contributed by atoms with van der Waals surface area (Å²) in [5.74, 6) is 0.0165. The lowest BCUT2D eigenvalue weighted by Gasteiger charge is -2.22. The first-order valence-electron chi connectivity index (χ1n) is 7.03. The minimum atomic E-state index is -0.497. The summed E-state index contributed by atoms with van der Waals surface area (Å²) >= 11 is 0. The number of amides is 1. The van der Waals surface area contributed by atoms with Crippen LogP contribution in [0.15, 0.2) is 0 Å². The van der Waals surface area contributed by atoms with Gasteiger partial charge in [0.25, 0.3) is 0 Å². The highest BCUT2D eigenvalue weighted by atomic mass is 16.6. The number of rotatable bonds is 5. The number of hydrogen-bond acceptors (Lipinski definition) is 4. The lowest BCUT2D eigenvalue weighted by Crippen LogP contribution is -2.37. The Bertz CT molecular complexity index is 288. The first kappa shape index (κ1) is 16.2. The molecule has 0 aromatic carbocycles. The molecule has 1 saturated heterocycles. The minimum Gasteiger partial charge on any atom is -0.444 e. The van der Waals surface area contributed by atoms with E-state index in [9.17, 15) is 9.90 Å². The summed E-state index contributed by atoms with van der Waals surface area (Å²) in [4.78, 5) is 11.5. The molecule has 0 aliphatic carbocycles. The van der Waals surface area contributed by atoms with Gasteiger partial charge < -0.3 is 19.9 Å². The summed E-state index contributed by atoms with van der Waals surface area (Å²) in [6, 6.07) is 0. The summed E-state index contributed by atoms with van der Waals surface area (Å²) in [5.41, 5.74) is -0.497. The lowest BCUT2D eigenvalue weighted by atomic mass is 10.0. The Morgan fingerprint density at radius 1 is 1.47 bits per heavy atom. The molecule has 1 aliphatic rings. The second-order valence-electron chi connectivity index (χ2n) is 6.31. The number of ether oxygens (including phenoxy) is 2. The van der Waals surface area contributed by atoms with Crippen LogP contribution < -0.4 is 5.32 Å². The highest BCUT2D eigenvalue weighted by Crippen LogP contribution is 2.24. The van der Waals surface area contributed by atoms with Crippen molar-refractivity contribution in [2.24, 2.45) is 5.92 Å². The van der Waals surface area contributed by atoms with Gasteiger partial charge in [0, 0.05) is 19.1 Å². The molecule has 0 bridgehead atoms. The summed E-state index contributed by atoms with van der Waals surface area (Å²) in [5, 5.41) is 12.0. The number of carbonyl (C=O) groups is 1. The Morgan fingerprint density at radius 2 is 2.16 bits per heavy atom. The maximum absolute atomic E-state index is 11.5. The Kier molecular flexibility index (Phi) is 6.07. The molecule has 5 heteroatoms. The maximum atomic E-state index is 11.5. The van der Waals surface area contributed by atoms with E-state index < -0.39 is 11.7 Å². The zero-order valence-electron chi connectivity index (χ0n) is 12.4. The van der Waals surface area contributed by atoms with Crippen molar-refractivity contribution in [3.8, 4) is 0 Å². The van der Waals surface area contributed by atoms with Crippen molar-refractivity contribution < 1.29 is 19.4 Å². The molecule has 0 radical (unpaired) electrons. The molecular weight excluding hydrogens is 246 g/mol. The predicted molar refractivity (Wildman–Crippen MR) is 73.0 cm³/mol. The van der Waals surface area contributed by atoms with Crippen LogP contribution in [0.4, 0.5) is 4.79 Å². The molecule has 0 aromatic heterocycles. The van der Waals surface area contributed by atoms with Crippen molar-refractivity contribution in [3.05, 3.63) is 0 Å². The third-order valence-corrected chi connectivity index (χ3v) is 3.11. The molecule has 0 saturated carbocycles. The van der Waals surface area contributed by atoms with Gasteiger partial charge in [0.2, 0.25) is 0 Å². The first-order valence-corrected chi connectivity index (χ1v) is 7.03. The monoisotopic (exact) mass is 273 g/mol. The van der Waals surface area contributed by atoms with Crippen molar-refractivity contribution in [2.45, 2.75) is 64.8 Å². The van der Waals surface area contributed by atoms with E-state index in [4.69, 9.17) is 9.47 Å². The summed E-state index contributed by atoms with van der Waals surface area (Å²) in [6.07, 6.45) is 2.95. The summed E-state index contributed by atoms with van der Waals surface area (Å²) in [7, 11) is 0. The van der Waals surface area contributed by atoms with Crippen LogP contribution in [-0.4, -0.2) is 42.2 Å². The molecule has 112 valence electrons. The van der Waals surface area contributed by atoms with Gasteiger partial charge in [0.15, 0.2) is 0 Å². The van der Waals surface area contributed by atoms with Crippen LogP contribution in [0.2, 0.25) is 0 Å². The van der Waals surface area contributed by atoms with Gasteiger partial charge in [-0.3, -0.25) is 0 Å². The Labute approximate surface area is 115 Å². The van der Waals surface area contributed by atoms with E-state index >= 15 is 0 Å². The summed E-state index contributed by atoms with van der Waals surface area (Å²) < 4.78 is 10.9. The lowest BCUT2D eigenvalue weighted by molar-refractivity contribution is 0.0305. The zero-order chi connectivity index (χ0) is 14.5. The van der Waals surface area contributed by atoms with Crippen molar-refractivity contribution in [1.82, 2.24) is 5.32 Å². The molecule has 19 heavy (non-hydrogen) atoms. The van der Waals surface area contributed by atoms with Crippen molar-refractivity contribution in [3.63, 3.8) is 0 Å². The molecule has 5 nitrogen and oxygen atoms in total. The second kappa shape index (κ2) is 7.10. The zero-order valence-corrected chi connectivity index (χ0v) is 12.4. The number of alkyl carbamates (subject to hydrolysis) is 1. The van der Waals surface area contributed by atoms with Crippen LogP contribution >= 0.6 is 0 Å². The molecule has 1 heterocycles. The number of aliphatic hydroxyl groups excluding tert-OH is 1. The molecule has 1 aliphatic heterocycles. The van der Waals surface area contributed by atoms with Gasteiger partial charge in [0.05, 0.1) is 12.2 Å². The molecule has 3 atom stereocenters. The fourth-order valence-electron chi connectivity index (χ4n) is 2.19. The number of hydrogen-bond donors (Lipinski definition) is 2. The standard InChI is InChI=1S/C14H27NO4/c1-10-5-6-12(18-10)7-11(9-16)8-15-13(17)19-14(2,3)4/h10-12,16H,5-9H2,1-4H3,(H,15,17). The van der Waals surface area contributed by atoms with Gasteiger partial charge in [-0.05, 0) is 47.0 Å². The first-order chi connectivity index (χ1) is 8.80. The largest absolute Gasteiger partial charge is 0.444 e. The minimum absolute atomic E-state index is 0.0165. The van der Waals surface area contributed by atoms with Crippen LogP contribution in [-0.2, 0) is 9.47 Å². The molecule has 2 N–H and O–H groups in total.